The number of nitrogens with zero attached hydrogens (tertiary/aromatic N) is 3. The largest absolute Gasteiger partial charge is 0.486 e. The molecule has 0 bridgehead atoms. The first-order chi connectivity index (χ1) is 22.1. The number of hydrogen-bond acceptors (Lipinski definition) is 4. The summed E-state index contributed by atoms with van der Waals surface area (Å²) in [4.78, 5) is 14.0. The second-order valence-corrected chi connectivity index (χ2v) is 12.5. The molecular formula is C42H39IrN3O-2. The van der Waals surface area contributed by atoms with Crippen LogP contribution in [0, 0.1) is 53.7 Å². The van der Waals surface area contributed by atoms with Gasteiger partial charge >= 0.3 is 0 Å². The van der Waals surface area contributed by atoms with Gasteiger partial charge in [0.1, 0.15) is 0 Å². The van der Waals surface area contributed by atoms with Gasteiger partial charge in [-0.05, 0) is 91.9 Å². The van der Waals surface area contributed by atoms with Crippen molar-refractivity contribution in [1.29, 1.82) is 0 Å². The second kappa shape index (κ2) is 14.1. The number of aryl methyl sites for hydroxylation is 6. The summed E-state index contributed by atoms with van der Waals surface area (Å²) >= 11 is 0. The van der Waals surface area contributed by atoms with Crippen LogP contribution in [0.25, 0.3) is 55.8 Å². The van der Waals surface area contributed by atoms with Crippen LogP contribution in [0.1, 0.15) is 58.7 Å². The SMILES string of the molecule is Cc1c[c-]c(-c2cc(C)c(C)cn2)cc1.Cc1cnc(-c2[c-]ccc3c2oc2nc(-c4c(C)cccc4C)ccc23)cc1C(C)C.[Ir]. The summed E-state index contributed by atoms with van der Waals surface area (Å²) in [6, 6.07) is 31.5. The van der Waals surface area contributed by atoms with Crippen LogP contribution in [0.15, 0.2) is 89.6 Å². The van der Waals surface area contributed by atoms with E-state index in [1.807, 2.05) is 30.6 Å². The maximum Gasteiger partial charge on any atom is 0.216 e. The zero-order chi connectivity index (χ0) is 32.5. The van der Waals surface area contributed by atoms with Crippen LogP contribution < -0.4 is 0 Å². The summed E-state index contributed by atoms with van der Waals surface area (Å²) in [6.45, 7) is 17.0. The molecule has 0 fully saturated rings. The summed E-state index contributed by atoms with van der Waals surface area (Å²) in [7, 11) is 0. The molecule has 0 saturated heterocycles. The Kier molecular flexibility index (Phi) is 10.2. The molecule has 4 nitrogen and oxygen atoms in total. The molecule has 0 aliphatic heterocycles. The minimum Gasteiger partial charge on any atom is -0.486 e. The molecule has 4 aromatic heterocycles. The Bertz CT molecular complexity index is 2180. The van der Waals surface area contributed by atoms with E-state index >= 15 is 0 Å². The van der Waals surface area contributed by atoms with E-state index in [0.717, 1.165) is 44.6 Å². The summed E-state index contributed by atoms with van der Waals surface area (Å²) in [5, 5.41) is 2.05. The number of aromatic nitrogens is 3. The van der Waals surface area contributed by atoms with Crippen LogP contribution in [-0.2, 0) is 20.1 Å². The van der Waals surface area contributed by atoms with E-state index in [-0.39, 0.29) is 20.1 Å². The molecule has 0 spiro atoms. The van der Waals surface area contributed by atoms with E-state index in [1.165, 1.54) is 44.5 Å². The van der Waals surface area contributed by atoms with Gasteiger partial charge in [0.2, 0.25) is 5.71 Å². The molecule has 7 aromatic rings. The molecule has 1 radical (unpaired) electrons. The van der Waals surface area contributed by atoms with Gasteiger partial charge < -0.3 is 14.4 Å². The molecule has 0 amide bonds. The summed E-state index contributed by atoms with van der Waals surface area (Å²) in [5.74, 6) is 0.429. The fraction of sp³-hybridized carbons (Fsp3) is 0.214. The van der Waals surface area contributed by atoms with Gasteiger partial charge in [-0.25, -0.2) is 4.98 Å². The molecule has 3 aromatic carbocycles. The Morgan fingerprint density at radius 2 is 1.38 bits per heavy atom. The summed E-state index contributed by atoms with van der Waals surface area (Å²) in [6.07, 6.45) is 3.86. The van der Waals surface area contributed by atoms with Crippen molar-refractivity contribution in [3.8, 4) is 33.8 Å². The minimum atomic E-state index is 0. The van der Waals surface area contributed by atoms with Gasteiger partial charge in [0.25, 0.3) is 0 Å². The molecule has 7 rings (SSSR count). The number of hydrogen-bond donors (Lipinski definition) is 0. The smallest absolute Gasteiger partial charge is 0.216 e. The van der Waals surface area contributed by atoms with Crippen molar-refractivity contribution in [2.45, 2.75) is 61.3 Å². The molecular weight excluding hydrogens is 755 g/mol. The van der Waals surface area contributed by atoms with E-state index in [2.05, 4.69) is 132 Å². The Balaban J connectivity index is 0.000000228. The maximum atomic E-state index is 6.33. The molecule has 0 saturated carbocycles. The van der Waals surface area contributed by atoms with Crippen molar-refractivity contribution < 1.29 is 24.5 Å². The van der Waals surface area contributed by atoms with E-state index < -0.39 is 0 Å². The minimum absolute atomic E-state index is 0. The third kappa shape index (κ3) is 6.98. The molecule has 5 heteroatoms. The van der Waals surface area contributed by atoms with Crippen LogP contribution in [-0.4, -0.2) is 15.0 Å². The summed E-state index contributed by atoms with van der Waals surface area (Å²) < 4.78 is 6.33. The normalized spacial score (nSPS) is 11.0. The first-order valence-corrected chi connectivity index (χ1v) is 15.8. The van der Waals surface area contributed by atoms with Crippen LogP contribution in [0.5, 0.6) is 0 Å². The monoisotopic (exact) mass is 794 g/mol. The van der Waals surface area contributed by atoms with Gasteiger partial charge in [-0.15, -0.1) is 53.6 Å². The molecule has 4 heterocycles. The van der Waals surface area contributed by atoms with E-state index in [4.69, 9.17) is 9.40 Å². The Morgan fingerprint density at radius 1 is 0.660 bits per heavy atom. The standard InChI is InChI=1S/C28H25N2O.C14H14N.Ir/c1-16(2)23-14-25(29-15-19(23)5)22-11-7-10-20-21-12-13-24(30-28(21)31-27(20)22)26-17(3)8-6-9-18(26)4;1-10-4-6-13(7-5-10)14-8-11(2)12(3)9-15-14;/h6-10,12-16H,1-5H3;4-6,8-9H,1-3H3;/q2*-1;. The third-order valence-corrected chi connectivity index (χ3v) is 8.68. The van der Waals surface area contributed by atoms with Gasteiger partial charge in [-0.3, -0.25) is 0 Å². The molecule has 47 heavy (non-hydrogen) atoms. The van der Waals surface area contributed by atoms with Crippen molar-refractivity contribution in [1.82, 2.24) is 15.0 Å². The van der Waals surface area contributed by atoms with Gasteiger partial charge in [0.05, 0.1) is 11.3 Å². The van der Waals surface area contributed by atoms with Gasteiger partial charge in [-0.2, -0.15) is 0 Å². The first kappa shape index (κ1) is 33.9. The van der Waals surface area contributed by atoms with Gasteiger partial charge in [0, 0.05) is 43.4 Å². The van der Waals surface area contributed by atoms with Crippen molar-refractivity contribution >= 4 is 22.1 Å². The van der Waals surface area contributed by atoms with E-state index in [9.17, 15) is 0 Å². The molecule has 0 atom stereocenters. The Labute approximate surface area is 291 Å². The molecule has 0 unspecified atom stereocenters. The number of furan rings is 1. The fourth-order valence-corrected chi connectivity index (χ4v) is 5.90. The zero-order valence-corrected chi connectivity index (χ0v) is 30.6. The van der Waals surface area contributed by atoms with Crippen molar-refractivity contribution in [3.63, 3.8) is 0 Å². The van der Waals surface area contributed by atoms with Crippen LogP contribution in [0.3, 0.4) is 0 Å². The Hall–Kier alpha value is -4.44. The topological polar surface area (TPSA) is 51.8 Å². The molecule has 0 N–H and O–H groups in total. The first-order valence-electron chi connectivity index (χ1n) is 15.8. The summed E-state index contributed by atoms with van der Waals surface area (Å²) in [5.41, 5.74) is 16.0. The molecule has 0 aliphatic rings. The third-order valence-electron chi connectivity index (χ3n) is 8.68. The van der Waals surface area contributed by atoms with Crippen LogP contribution in [0.4, 0.5) is 0 Å². The van der Waals surface area contributed by atoms with E-state index in [0.29, 0.717) is 11.6 Å². The second-order valence-electron chi connectivity index (χ2n) is 12.5. The zero-order valence-electron chi connectivity index (χ0n) is 28.2. The predicted molar refractivity (Wildman–Crippen MR) is 190 cm³/mol. The maximum absolute atomic E-state index is 6.33. The average Bonchev–Trinajstić information content (AvgIpc) is 3.41. The number of rotatable bonds is 4. The Morgan fingerprint density at radius 3 is 2.06 bits per heavy atom. The van der Waals surface area contributed by atoms with Crippen molar-refractivity contribution in [3.05, 3.63) is 136 Å². The van der Waals surface area contributed by atoms with Gasteiger partial charge in [0.15, 0.2) is 0 Å². The quantitative estimate of drug-likeness (QED) is 0.167. The van der Waals surface area contributed by atoms with Crippen molar-refractivity contribution in [2.75, 3.05) is 0 Å². The van der Waals surface area contributed by atoms with Gasteiger partial charge in [-0.1, -0.05) is 67.6 Å². The molecule has 0 aliphatic carbocycles. The number of fused-ring (bicyclic) bond motifs is 3. The van der Waals surface area contributed by atoms with Crippen LogP contribution >= 0.6 is 0 Å². The number of benzene rings is 3. The van der Waals surface area contributed by atoms with Crippen LogP contribution in [0.2, 0.25) is 0 Å². The predicted octanol–water partition coefficient (Wildman–Crippen LogP) is 11.0. The average molecular weight is 794 g/mol. The molecule has 239 valence electrons. The van der Waals surface area contributed by atoms with E-state index in [1.54, 1.807) is 0 Å². The number of pyridine rings is 3. The fourth-order valence-electron chi connectivity index (χ4n) is 5.90. The van der Waals surface area contributed by atoms with Crippen molar-refractivity contribution in [2.24, 2.45) is 0 Å².